The van der Waals surface area contributed by atoms with Crippen molar-refractivity contribution in [3.8, 4) is 16.8 Å². The zero-order valence-corrected chi connectivity index (χ0v) is 34.2. The number of para-hydroxylation sites is 4. The van der Waals surface area contributed by atoms with Crippen molar-refractivity contribution >= 4 is 63.2 Å². The van der Waals surface area contributed by atoms with E-state index in [-0.39, 0.29) is 10.8 Å². The van der Waals surface area contributed by atoms with Gasteiger partial charge in [-0.3, -0.25) is 8.97 Å². The lowest BCUT2D eigenvalue weighted by Crippen LogP contribution is -2.64. The topological polar surface area (TPSA) is 22.2 Å². The highest BCUT2D eigenvalue weighted by atomic mass is 32.2. The molecule has 3 heterocycles. The smallest absolute Gasteiger partial charge is 0.220 e. The van der Waals surface area contributed by atoms with Gasteiger partial charge in [0, 0.05) is 19.6 Å². The van der Waals surface area contributed by atoms with Crippen LogP contribution in [0, 0.1) is 6.85 Å². The van der Waals surface area contributed by atoms with E-state index in [2.05, 4.69) is 195 Å². The summed E-state index contributed by atoms with van der Waals surface area (Å²) in [5, 5.41) is 3.62. The molecule has 10 rings (SSSR count). The van der Waals surface area contributed by atoms with Crippen LogP contribution >= 0.6 is 11.8 Å². The van der Waals surface area contributed by atoms with Crippen molar-refractivity contribution in [2.45, 2.75) is 61.7 Å². The summed E-state index contributed by atoms with van der Waals surface area (Å²) in [6.45, 7) is 9.43. The van der Waals surface area contributed by atoms with E-state index < -0.39 is 14.9 Å². The van der Waals surface area contributed by atoms with Gasteiger partial charge >= 0.3 is 0 Å². The first-order valence-electron chi connectivity index (χ1n) is 20.9. The number of hydrogen-bond donors (Lipinski definition) is 0. The van der Waals surface area contributed by atoms with E-state index in [1.54, 1.807) is 11.8 Å². The molecule has 1 atom stereocenters. The molecule has 0 bridgehead atoms. The lowest BCUT2D eigenvalue weighted by atomic mass is 9.61. The number of hydrogen-bond acceptors (Lipinski definition) is 2. The molecule has 2 aromatic heterocycles. The summed E-state index contributed by atoms with van der Waals surface area (Å²) < 4.78 is 31.1. The van der Waals surface area contributed by atoms with Gasteiger partial charge in [0.05, 0.1) is 22.1 Å². The monoisotopic (exact) mass is 762 g/mol. The van der Waals surface area contributed by atoms with E-state index in [0.717, 1.165) is 54.7 Å². The standard InChI is InChI=1S/C51H45N3SSi/c1-34-30-31-38(33-40(34)39-22-17-24-42-48(39)55-47-29-15-10-23-41(47)50(2,3)51(42,4)5)56(6,36-19-8-7-9-20-36)37-21-16-18-35(32-37)53-45-27-13-14-28-46(45)54-44-26-12-11-25-43(44)52-49(53)54/h7-33H,1-6H3/i1D3. The normalized spacial score (nSPS) is 16.7. The van der Waals surface area contributed by atoms with Crippen molar-refractivity contribution in [3.05, 3.63) is 180 Å². The number of fused-ring (bicyclic) bond motifs is 7. The molecule has 0 radical (unpaired) electrons. The molecule has 0 saturated heterocycles. The second kappa shape index (κ2) is 12.7. The predicted molar refractivity (Wildman–Crippen MR) is 240 cm³/mol. The fourth-order valence-corrected chi connectivity index (χ4v) is 14.2. The van der Waals surface area contributed by atoms with Gasteiger partial charge in [-0.2, -0.15) is 0 Å². The van der Waals surface area contributed by atoms with Crippen LogP contribution in [0.15, 0.2) is 174 Å². The summed E-state index contributed by atoms with van der Waals surface area (Å²) in [5.41, 5.74) is 9.46. The van der Waals surface area contributed by atoms with Gasteiger partial charge in [-0.05, 0) is 104 Å². The van der Waals surface area contributed by atoms with E-state index in [1.165, 1.54) is 26.4 Å². The van der Waals surface area contributed by atoms with Gasteiger partial charge in [-0.15, -0.1) is 0 Å². The maximum atomic E-state index is 8.87. The van der Waals surface area contributed by atoms with Gasteiger partial charge in [0.15, 0.2) is 0 Å². The third-order valence-corrected chi connectivity index (χ3v) is 18.7. The molecule has 1 unspecified atom stereocenters. The number of imidazole rings is 2. The number of aryl methyl sites for hydroxylation is 1. The van der Waals surface area contributed by atoms with Gasteiger partial charge in [-0.25, -0.2) is 4.98 Å². The minimum atomic E-state index is -2.82. The van der Waals surface area contributed by atoms with Crippen LogP contribution < -0.4 is 15.6 Å². The third-order valence-electron chi connectivity index (χ3n) is 13.0. The second-order valence-corrected chi connectivity index (χ2v) is 21.4. The molecular weight excluding hydrogens is 715 g/mol. The van der Waals surface area contributed by atoms with Crippen LogP contribution in [-0.4, -0.2) is 22.0 Å². The Bertz CT molecular complexity index is 3110. The highest BCUT2D eigenvalue weighted by Crippen LogP contribution is 2.55. The Hall–Kier alpha value is -5.62. The fourth-order valence-electron chi connectivity index (χ4n) is 9.12. The first kappa shape index (κ1) is 31.6. The zero-order valence-electron chi connectivity index (χ0n) is 35.3. The summed E-state index contributed by atoms with van der Waals surface area (Å²) in [5.74, 6) is 0.867. The van der Waals surface area contributed by atoms with Gasteiger partial charge < -0.3 is 0 Å². The van der Waals surface area contributed by atoms with Crippen molar-refractivity contribution in [1.82, 2.24) is 14.0 Å². The Morgan fingerprint density at radius 2 is 1.21 bits per heavy atom. The summed E-state index contributed by atoms with van der Waals surface area (Å²) in [6, 6.07) is 58.0. The maximum Gasteiger partial charge on any atom is 0.220 e. The van der Waals surface area contributed by atoms with E-state index in [1.807, 2.05) is 12.1 Å². The Balaban J connectivity index is 1.21. The van der Waals surface area contributed by atoms with Crippen LogP contribution in [0.1, 0.15) is 48.5 Å². The molecule has 0 N–H and O–H groups in total. The molecule has 7 aromatic carbocycles. The van der Waals surface area contributed by atoms with Crippen LogP contribution in [0.25, 0.3) is 44.7 Å². The van der Waals surface area contributed by atoms with Crippen molar-refractivity contribution in [3.63, 3.8) is 0 Å². The summed E-state index contributed by atoms with van der Waals surface area (Å²) in [4.78, 5) is 7.50. The molecule has 0 amide bonds. The number of rotatable bonds is 5. The van der Waals surface area contributed by atoms with Gasteiger partial charge in [0.2, 0.25) is 5.78 Å². The van der Waals surface area contributed by atoms with E-state index in [0.29, 0.717) is 5.56 Å². The van der Waals surface area contributed by atoms with Gasteiger partial charge in [0.1, 0.15) is 8.07 Å². The first-order valence-corrected chi connectivity index (χ1v) is 22.7. The molecule has 0 saturated carbocycles. The van der Waals surface area contributed by atoms with Crippen molar-refractivity contribution in [2.75, 3.05) is 0 Å². The Morgan fingerprint density at radius 1 is 0.571 bits per heavy atom. The molecule has 1 aliphatic rings. The second-order valence-electron chi connectivity index (χ2n) is 16.4. The number of aromatic nitrogens is 3. The number of nitrogens with zero attached hydrogens (tertiary/aromatic N) is 3. The van der Waals surface area contributed by atoms with E-state index in [4.69, 9.17) is 9.10 Å². The lowest BCUT2D eigenvalue weighted by molar-refractivity contribution is 0.296. The Morgan fingerprint density at radius 3 is 2.04 bits per heavy atom. The molecule has 5 heteroatoms. The molecule has 56 heavy (non-hydrogen) atoms. The molecule has 274 valence electrons. The highest BCUT2D eigenvalue weighted by molar-refractivity contribution is 7.99. The Kier molecular flexibility index (Phi) is 7.16. The van der Waals surface area contributed by atoms with Gasteiger partial charge in [-0.1, -0.05) is 167 Å². The predicted octanol–water partition coefficient (Wildman–Crippen LogP) is 11.2. The summed E-state index contributed by atoms with van der Waals surface area (Å²) in [7, 11) is -2.82. The van der Waals surface area contributed by atoms with Crippen LogP contribution in [-0.2, 0) is 10.8 Å². The molecule has 9 aromatic rings. The average Bonchev–Trinajstić information content (AvgIpc) is 3.76. The molecule has 1 aliphatic heterocycles. The summed E-state index contributed by atoms with van der Waals surface area (Å²) in [6.07, 6.45) is 0. The molecule has 3 nitrogen and oxygen atoms in total. The lowest BCUT2D eigenvalue weighted by Gasteiger charge is -2.42. The van der Waals surface area contributed by atoms with Crippen molar-refractivity contribution < 1.29 is 4.11 Å². The van der Waals surface area contributed by atoms with E-state index >= 15 is 0 Å². The number of benzene rings is 7. The average molecular weight is 763 g/mol. The van der Waals surface area contributed by atoms with Crippen LogP contribution in [0.5, 0.6) is 0 Å². The van der Waals surface area contributed by atoms with Crippen LogP contribution in [0.2, 0.25) is 6.55 Å². The fraction of sp³-hybridized carbons (Fsp3) is 0.157. The van der Waals surface area contributed by atoms with Crippen LogP contribution in [0.3, 0.4) is 0 Å². The molecule has 0 spiro atoms. The largest absolute Gasteiger partial charge is 0.278 e. The quantitative estimate of drug-likeness (QED) is 0.129. The maximum absolute atomic E-state index is 8.87. The zero-order chi connectivity index (χ0) is 40.9. The SMILES string of the molecule is [2H]C([2H])([2H])c1ccc([Si](C)(c2ccccc2)c2cccc(-n3c4ccccc4n4c5ccccc5nc34)c2)cc1-c1cccc2c1Sc1ccccc1C(C)(C)C2(C)C. The molecule has 0 fully saturated rings. The van der Waals surface area contributed by atoms with Crippen molar-refractivity contribution in [2.24, 2.45) is 0 Å². The van der Waals surface area contributed by atoms with Crippen molar-refractivity contribution in [1.29, 1.82) is 0 Å². The molecular formula is C51H45N3SSi. The third kappa shape index (κ3) is 5.00. The van der Waals surface area contributed by atoms with E-state index in [9.17, 15) is 0 Å². The highest BCUT2D eigenvalue weighted by Gasteiger charge is 2.45. The molecule has 0 aliphatic carbocycles. The minimum Gasteiger partial charge on any atom is -0.278 e. The van der Waals surface area contributed by atoms with Crippen LogP contribution in [0.4, 0.5) is 0 Å². The summed E-state index contributed by atoms with van der Waals surface area (Å²) >= 11 is 1.78. The minimum absolute atomic E-state index is 0.182. The first-order chi connectivity index (χ1) is 28.3. The Labute approximate surface area is 338 Å². The van der Waals surface area contributed by atoms with Gasteiger partial charge in [0.25, 0.3) is 0 Å².